The van der Waals surface area contributed by atoms with Crippen molar-refractivity contribution in [3.8, 4) is 0 Å². The van der Waals surface area contributed by atoms with Crippen LogP contribution in [0, 0.1) is 0 Å². The molecule has 0 saturated heterocycles. The second-order valence-electron chi connectivity index (χ2n) is 5.73. The third kappa shape index (κ3) is 5.10. The number of nitrogens with one attached hydrogen (secondary N) is 1. The minimum Gasteiger partial charge on any atom is -0.383 e. The molecule has 0 saturated carbocycles. The average molecular weight is 436 g/mol. The Bertz CT molecular complexity index is 997. The molecule has 1 aliphatic heterocycles. The smallest absolute Gasteiger partial charge is 0.383 e. The molecule has 2 aromatic carbocycles. The van der Waals surface area contributed by atoms with Crippen LogP contribution < -0.4 is 5.32 Å². The Balaban J connectivity index is 2.02. The predicted octanol–water partition coefficient (Wildman–Crippen LogP) is 4.64. The number of para-hydroxylation sites is 1. The molecule has 152 valence electrons. The molecule has 3 rings (SSSR count). The first-order chi connectivity index (χ1) is 14.0. The Morgan fingerprint density at radius 2 is 1.72 bits per heavy atom. The molecule has 0 radical (unpaired) electrons. The Morgan fingerprint density at radius 3 is 2.38 bits per heavy atom. The normalized spacial score (nSPS) is 15.3. The Labute approximate surface area is 173 Å². The first-order valence-corrected chi connectivity index (χ1v) is 10.7. The summed E-state index contributed by atoms with van der Waals surface area (Å²) in [6, 6.07) is 13.6. The summed E-state index contributed by atoms with van der Waals surface area (Å²) in [7, 11) is -3.93. The van der Waals surface area contributed by atoms with Crippen LogP contribution in [0.2, 0.25) is 5.02 Å². The van der Waals surface area contributed by atoms with Gasteiger partial charge in [0.2, 0.25) is 0 Å². The minimum atomic E-state index is -3.93. The number of carbonyl (C=O) groups excluding carboxylic acids is 1. The van der Waals surface area contributed by atoms with E-state index < -0.39 is 13.7 Å². The quantitative estimate of drug-likeness (QED) is 0.295. The van der Waals surface area contributed by atoms with Crippen LogP contribution in [0.4, 0.5) is 5.69 Å². The van der Waals surface area contributed by atoms with Crippen molar-refractivity contribution in [2.24, 2.45) is 10.2 Å². The van der Waals surface area contributed by atoms with Crippen LogP contribution in [0.15, 0.2) is 58.7 Å². The van der Waals surface area contributed by atoms with Gasteiger partial charge in [0.1, 0.15) is 0 Å². The summed E-state index contributed by atoms with van der Waals surface area (Å²) in [5.74, 6) is -0.528. The van der Waals surface area contributed by atoms with Crippen LogP contribution in [0.25, 0.3) is 0 Å². The van der Waals surface area contributed by atoms with Gasteiger partial charge < -0.3 is 9.84 Å². The highest BCUT2D eigenvalue weighted by Gasteiger charge is 2.30. The molecule has 2 aromatic rings. The standard InChI is InChI=1S/C19H19ClN3O5P/c1-3-26-29(25,27-4-2)28-19(13-9-11-14(20)12-10-13)23-22-17-15-7-5-6-8-16(15)21-18(17)24/h5-12H,3-4H2,1-2H3,(H,21,22,24)/b23-19-. The van der Waals surface area contributed by atoms with Crippen LogP contribution >= 0.6 is 19.4 Å². The highest BCUT2D eigenvalue weighted by Crippen LogP contribution is 2.50. The molecule has 1 amide bonds. The fourth-order valence-corrected chi connectivity index (χ4v) is 3.82. The maximum atomic E-state index is 12.8. The SMILES string of the molecule is CCOP(=O)(OCC)O/C(=N\N=C1/C(=O)Nc2ccccc21)c1ccc(Cl)cc1. The largest absolute Gasteiger partial charge is 0.531 e. The lowest BCUT2D eigenvalue weighted by Crippen LogP contribution is -2.15. The summed E-state index contributed by atoms with van der Waals surface area (Å²) >= 11 is 5.94. The van der Waals surface area contributed by atoms with Gasteiger partial charge in [0.05, 0.1) is 18.9 Å². The topological polar surface area (TPSA) is 98.6 Å². The van der Waals surface area contributed by atoms with E-state index in [4.69, 9.17) is 25.2 Å². The number of fused-ring (bicyclic) bond motifs is 1. The Kier molecular flexibility index (Phi) is 6.82. The van der Waals surface area contributed by atoms with Crippen molar-refractivity contribution in [1.82, 2.24) is 0 Å². The second kappa shape index (κ2) is 9.33. The molecule has 0 atom stereocenters. The van der Waals surface area contributed by atoms with Gasteiger partial charge >= 0.3 is 7.82 Å². The zero-order valence-electron chi connectivity index (χ0n) is 15.8. The molecule has 0 aromatic heterocycles. The van der Waals surface area contributed by atoms with Crippen LogP contribution in [-0.4, -0.2) is 30.7 Å². The van der Waals surface area contributed by atoms with E-state index in [9.17, 15) is 9.36 Å². The van der Waals surface area contributed by atoms with Gasteiger partial charge in [0, 0.05) is 16.1 Å². The van der Waals surface area contributed by atoms with Gasteiger partial charge in [0.25, 0.3) is 11.8 Å². The Morgan fingerprint density at radius 1 is 1.07 bits per heavy atom. The number of hydrogen-bond acceptors (Lipinski definition) is 7. The highest BCUT2D eigenvalue weighted by atomic mass is 35.5. The van der Waals surface area contributed by atoms with E-state index in [-0.39, 0.29) is 24.8 Å². The van der Waals surface area contributed by atoms with Crippen molar-refractivity contribution >= 4 is 42.6 Å². The molecule has 1 aliphatic rings. The molecular formula is C19H19ClN3O5P. The van der Waals surface area contributed by atoms with E-state index in [2.05, 4.69) is 15.5 Å². The van der Waals surface area contributed by atoms with E-state index in [1.165, 1.54) is 0 Å². The zero-order valence-corrected chi connectivity index (χ0v) is 17.4. The summed E-state index contributed by atoms with van der Waals surface area (Å²) in [4.78, 5) is 12.2. The predicted molar refractivity (Wildman–Crippen MR) is 112 cm³/mol. The van der Waals surface area contributed by atoms with Gasteiger partial charge in [0.15, 0.2) is 5.71 Å². The molecule has 8 nitrogen and oxygen atoms in total. The number of carbonyl (C=O) groups is 1. The first kappa shape index (κ1) is 21.2. The zero-order chi connectivity index (χ0) is 20.9. The van der Waals surface area contributed by atoms with E-state index >= 15 is 0 Å². The highest BCUT2D eigenvalue weighted by molar-refractivity contribution is 7.49. The molecule has 0 spiro atoms. The number of phosphoric ester groups is 1. The molecular weight excluding hydrogens is 417 g/mol. The molecule has 1 N–H and O–H groups in total. The van der Waals surface area contributed by atoms with Crippen LogP contribution in [-0.2, 0) is 22.9 Å². The van der Waals surface area contributed by atoms with Gasteiger partial charge in [-0.15, -0.1) is 10.2 Å². The van der Waals surface area contributed by atoms with Gasteiger partial charge in [-0.1, -0.05) is 29.8 Å². The molecule has 0 aliphatic carbocycles. The van der Waals surface area contributed by atoms with Crippen molar-refractivity contribution < 1.29 is 22.9 Å². The number of anilines is 1. The van der Waals surface area contributed by atoms with E-state index in [0.29, 0.717) is 21.8 Å². The second-order valence-corrected chi connectivity index (χ2v) is 7.76. The minimum absolute atomic E-state index is 0.107. The molecule has 0 fully saturated rings. The summed E-state index contributed by atoms with van der Waals surface area (Å²) in [5.41, 5.74) is 1.78. The van der Waals surface area contributed by atoms with Crippen LogP contribution in [0.5, 0.6) is 0 Å². The van der Waals surface area contributed by atoms with E-state index in [0.717, 1.165) is 0 Å². The van der Waals surface area contributed by atoms with Crippen molar-refractivity contribution in [1.29, 1.82) is 0 Å². The lowest BCUT2D eigenvalue weighted by Gasteiger charge is -2.17. The number of amides is 1. The average Bonchev–Trinajstić information content (AvgIpc) is 3.01. The number of hydrogen-bond donors (Lipinski definition) is 1. The molecule has 1 heterocycles. The summed E-state index contributed by atoms with van der Waals surface area (Å²) in [5, 5.41) is 11.3. The lowest BCUT2D eigenvalue weighted by molar-refractivity contribution is -0.110. The van der Waals surface area contributed by atoms with Crippen LogP contribution in [0.1, 0.15) is 25.0 Å². The van der Waals surface area contributed by atoms with Crippen molar-refractivity contribution in [2.45, 2.75) is 13.8 Å². The number of phosphoric acid groups is 1. The summed E-state index contributed by atoms with van der Waals surface area (Å²) in [6.45, 7) is 3.53. The molecule has 0 bridgehead atoms. The number of benzene rings is 2. The van der Waals surface area contributed by atoms with Gasteiger partial charge in [-0.3, -0.25) is 13.8 Å². The number of halogens is 1. The fraction of sp³-hybridized carbons (Fsp3) is 0.211. The first-order valence-electron chi connectivity index (χ1n) is 8.87. The molecule has 10 heteroatoms. The van der Waals surface area contributed by atoms with Crippen molar-refractivity contribution in [3.05, 3.63) is 64.7 Å². The third-order valence-corrected chi connectivity index (χ3v) is 5.55. The van der Waals surface area contributed by atoms with E-state index in [1.807, 2.05) is 0 Å². The van der Waals surface area contributed by atoms with Gasteiger partial charge in [-0.25, -0.2) is 4.57 Å². The Hall–Kier alpha value is -2.51. The fourth-order valence-electron chi connectivity index (χ4n) is 2.53. The number of rotatable bonds is 7. The maximum Gasteiger partial charge on any atom is 0.531 e. The maximum absolute atomic E-state index is 12.8. The summed E-state index contributed by atoms with van der Waals surface area (Å²) in [6.07, 6.45) is 0. The van der Waals surface area contributed by atoms with E-state index in [1.54, 1.807) is 62.4 Å². The lowest BCUT2D eigenvalue weighted by atomic mass is 10.1. The van der Waals surface area contributed by atoms with Crippen molar-refractivity contribution in [2.75, 3.05) is 18.5 Å². The molecule has 29 heavy (non-hydrogen) atoms. The van der Waals surface area contributed by atoms with Gasteiger partial charge in [-0.2, -0.15) is 0 Å². The van der Waals surface area contributed by atoms with Crippen molar-refractivity contribution in [3.63, 3.8) is 0 Å². The number of nitrogens with zero attached hydrogens (tertiary/aromatic N) is 2. The summed E-state index contributed by atoms with van der Waals surface area (Å²) < 4.78 is 28.7. The third-order valence-electron chi connectivity index (χ3n) is 3.75. The van der Waals surface area contributed by atoms with Gasteiger partial charge in [-0.05, 0) is 44.2 Å². The van der Waals surface area contributed by atoms with Crippen LogP contribution in [0.3, 0.4) is 0 Å². The monoisotopic (exact) mass is 435 g/mol. The molecule has 0 unspecified atom stereocenters.